The second kappa shape index (κ2) is 8.23. The van der Waals surface area contributed by atoms with E-state index in [4.69, 9.17) is 20.8 Å². The monoisotopic (exact) mass is 377 g/mol. The van der Waals surface area contributed by atoms with Crippen LogP contribution < -0.4 is 5.63 Å². The molecule has 0 unspecified atom stereocenters. The van der Waals surface area contributed by atoms with E-state index in [1.54, 1.807) is 6.07 Å². The number of piperidine rings is 1. The predicted molar refractivity (Wildman–Crippen MR) is 102 cm³/mol. The van der Waals surface area contributed by atoms with Crippen molar-refractivity contribution in [1.29, 1.82) is 0 Å². The van der Waals surface area contributed by atoms with Crippen LogP contribution in [0.3, 0.4) is 0 Å². The van der Waals surface area contributed by atoms with Gasteiger partial charge in [-0.2, -0.15) is 0 Å². The van der Waals surface area contributed by atoms with Crippen LogP contribution >= 0.6 is 11.6 Å². The van der Waals surface area contributed by atoms with Crippen LogP contribution in [0, 0.1) is 5.92 Å². The van der Waals surface area contributed by atoms with E-state index in [1.807, 2.05) is 26.0 Å². The fourth-order valence-electron chi connectivity index (χ4n) is 3.52. The van der Waals surface area contributed by atoms with Crippen molar-refractivity contribution in [3.63, 3.8) is 0 Å². The van der Waals surface area contributed by atoms with E-state index in [2.05, 4.69) is 4.90 Å². The van der Waals surface area contributed by atoms with Crippen LogP contribution in [0.15, 0.2) is 27.4 Å². The molecule has 0 amide bonds. The molecule has 1 saturated heterocycles. The molecular weight excluding hydrogens is 354 g/mol. The second-order valence-corrected chi connectivity index (χ2v) is 7.09. The van der Waals surface area contributed by atoms with Crippen LogP contribution in [0.1, 0.15) is 37.8 Å². The van der Waals surface area contributed by atoms with Crippen LogP contribution in [-0.2, 0) is 22.5 Å². The fraction of sp³-hybridized carbons (Fsp3) is 0.500. The number of benzene rings is 1. The zero-order valence-corrected chi connectivity index (χ0v) is 16.0. The maximum Gasteiger partial charge on any atom is 0.336 e. The summed E-state index contributed by atoms with van der Waals surface area (Å²) in [7, 11) is 0. The third-order valence-corrected chi connectivity index (χ3v) is 5.33. The highest BCUT2D eigenvalue weighted by atomic mass is 35.5. The van der Waals surface area contributed by atoms with Gasteiger partial charge in [-0.3, -0.25) is 9.69 Å². The Kier molecular flexibility index (Phi) is 5.99. The quantitative estimate of drug-likeness (QED) is 0.586. The summed E-state index contributed by atoms with van der Waals surface area (Å²) < 4.78 is 10.5. The summed E-state index contributed by atoms with van der Waals surface area (Å²) in [4.78, 5) is 26.1. The van der Waals surface area contributed by atoms with Gasteiger partial charge in [-0.15, -0.1) is 0 Å². The number of halogens is 1. The Morgan fingerprint density at radius 2 is 1.96 bits per heavy atom. The maximum absolute atomic E-state index is 12.0. The summed E-state index contributed by atoms with van der Waals surface area (Å²) in [5.41, 5.74) is 2.11. The highest BCUT2D eigenvalue weighted by Gasteiger charge is 2.26. The van der Waals surface area contributed by atoms with Gasteiger partial charge in [-0.25, -0.2) is 4.79 Å². The number of aryl methyl sites for hydroxylation is 1. The number of fused-ring (bicyclic) bond motifs is 1. The molecule has 26 heavy (non-hydrogen) atoms. The Hall–Kier alpha value is -1.85. The third-order valence-electron chi connectivity index (χ3n) is 4.98. The molecule has 1 aliphatic rings. The number of esters is 1. The molecule has 1 fully saturated rings. The van der Waals surface area contributed by atoms with Crippen LogP contribution in [0.5, 0.6) is 0 Å². The van der Waals surface area contributed by atoms with Crippen molar-refractivity contribution in [2.24, 2.45) is 5.92 Å². The molecule has 0 N–H and O–H groups in total. The lowest BCUT2D eigenvalue weighted by Gasteiger charge is -2.31. The average molecular weight is 378 g/mol. The van der Waals surface area contributed by atoms with E-state index in [0.29, 0.717) is 23.8 Å². The Labute approximate surface area is 157 Å². The fourth-order valence-corrected chi connectivity index (χ4v) is 3.82. The van der Waals surface area contributed by atoms with E-state index in [-0.39, 0.29) is 17.5 Å². The molecule has 1 aliphatic heterocycles. The molecule has 0 saturated carbocycles. The van der Waals surface area contributed by atoms with Crippen LogP contribution in [0.4, 0.5) is 0 Å². The highest BCUT2D eigenvalue weighted by molar-refractivity contribution is 6.32. The van der Waals surface area contributed by atoms with E-state index in [1.165, 1.54) is 0 Å². The van der Waals surface area contributed by atoms with Crippen LogP contribution in [-0.4, -0.2) is 30.6 Å². The smallest absolute Gasteiger partial charge is 0.336 e. The molecule has 2 heterocycles. The number of hydrogen-bond donors (Lipinski definition) is 0. The van der Waals surface area contributed by atoms with Gasteiger partial charge in [0.25, 0.3) is 0 Å². The minimum Gasteiger partial charge on any atom is -0.466 e. The number of likely N-dealkylation sites (tertiary alicyclic amines) is 1. The molecule has 0 aliphatic carbocycles. The van der Waals surface area contributed by atoms with Crippen molar-refractivity contribution < 1.29 is 13.9 Å². The van der Waals surface area contributed by atoms with Gasteiger partial charge < -0.3 is 9.15 Å². The molecule has 0 atom stereocenters. The molecule has 140 valence electrons. The van der Waals surface area contributed by atoms with Gasteiger partial charge in [0.2, 0.25) is 0 Å². The average Bonchev–Trinajstić information content (AvgIpc) is 2.62. The number of ether oxygens (including phenoxy) is 1. The van der Waals surface area contributed by atoms with Crippen molar-refractivity contribution in [2.45, 2.75) is 39.7 Å². The van der Waals surface area contributed by atoms with Gasteiger partial charge in [0.15, 0.2) is 0 Å². The summed E-state index contributed by atoms with van der Waals surface area (Å²) in [6, 6.07) is 5.29. The van der Waals surface area contributed by atoms with E-state index in [0.717, 1.165) is 48.9 Å². The minimum atomic E-state index is -0.349. The Morgan fingerprint density at radius 3 is 2.62 bits per heavy atom. The first-order chi connectivity index (χ1) is 12.5. The van der Waals surface area contributed by atoms with Gasteiger partial charge in [-0.1, -0.05) is 18.5 Å². The lowest BCUT2D eigenvalue weighted by molar-refractivity contribution is -0.149. The van der Waals surface area contributed by atoms with Crippen molar-refractivity contribution >= 4 is 28.5 Å². The van der Waals surface area contributed by atoms with Crippen molar-refractivity contribution in [3.05, 3.63) is 44.8 Å². The van der Waals surface area contributed by atoms with Gasteiger partial charge in [0.1, 0.15) is 5.58 Å². The second-order valence-electron chi connectivity index (χ2n) is 6.69. The van der Waals surface area contributed by atoms with Crippen LogP contribution in [0.25, 0.3) is 11.0 Å². The molecule has 2 aromatic rings. The Bertz CT molecular complexity index is 853. The van der Waals surface area contributed by atoms with Gasteiger partial charge in [0.05, 0.1) is 12.5 Å². The normalized spacial score (nSPS) is 16.1. The molecule has 5 nitrogen and oxygen atoms in total. The molecule has 0 bridgehead atoms. The molecule has 0 spiro atoms. The number of rotatable bonds is 5. The number of carbonyl (C=O) groups excluding carboxylic acids is 1. The van der Waals surface area contributed by atoms with E-state index < -0.39 is 0 Å². The van der Waals surface area contributed by atoms with Crippen LogP contribution in [0.2, 0.25) is 5.02 Å². The summed E-state index contributed by atoms with van der Waals surface area (Å²) >= 11 is 6.36. The molecular formula is C20H24ClNO4. The summed E-state index contributed by atoms with van der Waals surface area (Å²) in [5.74, 6) is -0.123. The largest absolute Gasteiger partial charge is 0.466 e. The predicted octanol–water partition coefficient (Wildman–Crippen LogP) is 3.78. The third kappa shape index (κ3) is 4.10. The first-order valence-corrected chi connectivity index (χ1v) is 9.53. The first-order valence-electron chi connectivity index (χ1n) is 9.16. The topological polar surface area (TPSA) is 59.8 Å². The molecule has 6 heteroatoms. The highest BCUT2D eigenvalue weighted by Crippen LogP contribution is 2.28. The minimum absolute atomic E-state index is 0.0228. The maximum atomic E-state index is 12.0. The van der Waals surface area contributed by atoms with Crippen molar-refractivity contribution in [1.82, 2.24) is 4.90 Å². The van der Waals surface area contributed by atoms with E-state index >= 15 is 0 Å². The zero-order chi connectivity index (χ0) is 18.7. The summed E-state index contributed by atoms with van der Waals surface area (Å²) in [6.07, 6.45) is 2.34. The van der Waals surface area contributed by atoms with Crippen molar-refractivity contribution in [3.8, 4) is 0 Å². The lowest BCUT2D eigenvalue weighted by atomic mass is 9.96. The summed E-state index contributed by atoms with van der Waals surface area (Å²) in [6.45, 7) is 6.50. The standard InChI is InChI=1S/C20H24ClNO4/c1-3-13-9-18-16(11-17(13)21)15(10-19(23)26-18)12-22-7-5-14(6-8-22)20(24)25-4-2/h9-11,14H,3-8,12H2,1-2H3. The number of carbonyl (C=O) groups is 1. The molecule has 1 aromatic heterocycles. The lowest BCUT2D eigenvalue weighted by Crippen LogP contribution is -2.36. The number of hydrogen-bond acceptors (Lipinski definition) is 5. The van der Waals surface area contributed by atoms with Gasteiger partial charge >= 0.3 is 11.6 Å². The Balaban J connectivity index is 1.78. The number of nitrogens with zero attached hydrogens (tertiary/aromatic N) is 1. The molecule has 1 aromatic carbocycles. The van der Waals surface area contributed by atoms with E-state index in [9.17, 15) is 9.59 Å². The molecule has 3 rings (SSSR count). The Morgan fingerprint density at radius 1 is 1.23 bits per heavy atom. The SMILES string of the molecule is CCOC(=O)C1CCN(Cc2cc(=O)oc3cc(CC)c(Cl)cc23)CC1. The van der Waals surface area contributed by atoms with Gasteiger partial charge in [0, 0.05) is 23.0 Å². The summed E-state index contributed by atoms with van der Waals surface area (Å²) in [5, 5.41) is 1.57. The van der Waals surface area contributed by atoms with Crippen molar-refractivity contribution in [2.75, 3.05) is 19.7 Å². The molecule has 0 radical (unpaired) electrons. The zero-order valence-electron chi connectivity index (χ0n) is 15.2. The van der Waals surface area contributed by atoms with Gasteiger partial charge in [-0.05, 0) is 62.5 Å². The first kappa shape index (κ1) is 18.9.